The van der Waals surface area contributed by atoms with Crippen LogP contribution in [0.25, 0.3) is 0 Å². The average Bonchev–Trinajstić information content (AvgIpc) is 2.46. The molecule has 1 saturated heterocycles. The highest BCUT2D eigenvalue weighted by molar-refractivity contribution is 6.35. The van der Waals surface area contributed by atoms with E-state index < -0.39 is 5.41 Å². The summed E-state index contributed by atoms with van der Waals surface area (Å²) in [6, 6.07) is 4.71. The number of ether oxygens (including phenoxy) is 1. The number of benzene rings is 1. The van der Waals surface area contributed by atoms with Gasteiger partial charge in [-0.15, -0.1) is 0 Å². The van der Waals surface area contributed by atoms with E-state index in [0.29, 0.717) is 41.8 Å². The summed E-state index contributed by atoms with van der Waals surface area (Å²) in [4.78, 5) is 12.6. The van der Waals surface area contributed by atoms with Crippen LogP contribution in [0.2, 0.25) is 10.0 Å². The van der Waals surface area contributed by atoms with Gasteiger partial charge in [0.2, 0.25) is 5.91 Å². The number of nitrogens with zero attached hydrogens (tertiary/aromatic N) is 1. The van der Waals surface area contributed by atoms with Gasteiger partial charge in [-0.2, -0.15) is 0 Å². The molecular weight excluding hydrogens is 317 g/mol. The molecule has 0 bridgehead atoms. The Kier molecular flexibility index (Phi) is 4.92. The summed E-state index contributed by atoms with van der Waals surface area (Å²) in [5.74, 6) is -0.504. The van der Waals surface area contributed by atoms with Gasteiger partial charge in [0.15, 0.2) is 5.84 Å². The van der Waals surface area contributed by atoms with Gasteiger partial charge >= 0.3 is 0 Å². The number of hydrogen-bond acceptors (Lipinski definition) is 4. The van der Waals surface area contributed by atoms with Gasteiger partial charge in [0.05, 0.1) is 0 Å². The van der Waals surface area contributed by atoms with Gasteiger partial charge in [-0.1, -0.05) is 28.4 Å². The molecule has 8 heteroatoms. The van der Waals surface area contributed by atoms with Crippen molar-refractivity contribution in [2.45, 2.75) is 12.8 Å². The third kappa shape index (κ3) is 3.40. The molecule has 114 valence electrons. The summed E-state index contributed by atoms with van der Waals surface area (Å²) < 4.78 is 5.24. The van der Waals surface area contributed by atoms with Crippen LogP contribution in [0.5, 0.6) is 0 Å². The highest BCUT2D eigenvalue weighted by atomic mass is 35.5. The number of carbonyl (C=O) groups is 1. The highest BCUT2D eigenvalue weighted by Crippen LogP contribution is 2.33. The number of nitrogens with one attached hydrogen (secondary N) is 1. The van der Waals surface area contributed by atoms with E-state index in [9.17, 15) is 4.79 Å². The van der Waals surface area contributed by atoms with Crippen LogP contribution in [0.4, 0.5) is 5.69 Å². The van der Waals surface area contributed by atoms with E-state index in [1.807, 2.05) is 0 Å². The van der Waals surface area contributed by atoms with Crippen LogP contribution in [-0.4, -0.2) is 30.2 Å². The van der Waals surface area contributed by atoms with Gasteiger partial charge in [-0.25, -0.2) is 0 Å². The first-order valence-corrected chi connectivity index (χ1v) is 7.07. The molecule has 0 spiro atoms. The zero-order valence-corrected chi connectivity index (χ0v) is 12.6. The van der Waals surface area contributed by atoms with Crippen molar-refractivity contribution in [2.75, 3.05) is 18.5 Å². The number of hydrogen-bond donors (Lipinski definition) is 3. The highest BCUT2D eigenvalue weighted by Gasteiger charge is 2.44. The van der Waals surface area contributed by atoms with Crippen molar-refractivity contribution in [3.05, 3.63) is 28.2 Å². The van der Waals surface area contributed by atoms with Gasteiger partial charge in [-0.05, 0) is 31.0 Å². The lowest BCUT2D eigenvalue weighted by Gasteiger charge is -2.34. The smallest absolute Gasteiger partial charge is 0.238 e. The Bertz CT molecular complexity index is 552. The zero-order valence-electron chi connectivity index (χ0n) is 11.1. The molecule has 0 aromatic heterocycles. The fourth-order valence-electron chi connectivity index (χ4n) is 2.29. The molecule has 1 heterocycles. The monoisotopic (exact) mass is 331 g/mol. The number of anilines is 1. The Morgan fingerprint density at radius 1 is 1.29 bits per heavy atom. The number of carbonyl (C=O) groups excluding carboxylic acids is 1. The molecule has 0 unspecified atom stereocenters. The predicted octanol–water partition coefficient (Wildman–Crippen LogP) is 2.48. The molecule has 0 saturated carbocycles. The van der Waals surface area contributed by atoms with Crippen LogP contribution in [0.3, 0.4) is 0 Å². The van der Waals surface area contributed by atoms with Crippen molar-refractivity contribution in [2.24, 2.45) is 16.3 Å². The van der Waals surface area contributed by atoms with E-state index in [0.717, 1.165) is 0 Å². The maximum absolute atomic E-state index is 12.6. The molecule has 1 amide bonds. The summed E-state index contributed by atoms with van der Waals surface area (Å²) in [5.41, 5.74) is 5.09. The van der Waals surface area contributed by atoms with E-state index in [4.69, 9.17) is 38.9 Å². The minimum absolute atomic E-state index is 0.128. The SMILES string of the molecule is NC(=NO)C1(C(=O)Nc2cc(Cl)cc(Cl)c2)CCOCC1. The molecule has 1 fully saturated rings. The number of oxime groups is 1. The summed E-state index contributed by atoms with van der Waals surface area (Å²) in [5, 5.41) is 15.5. The third-order valence-electron chi connectivity index (χ3n) is 3.50. The van der Waals surface area contributed by atoms with E-state index in [1.54, 1.807) is 18.2 Å². The van der Waals surface area contributed by atoms with Crippen LogP contribution >= 0.6 is 23.2 Å². The molecule has 6 nitrogen and oxygen atoms in total. The summed E-state index contributed by atoms with van der Waals surface area (Å²) in [7, 11) is 0. The van der Waals surface area contributed by atoms with Crippen LogP contribution in [0, 0.1) is 5.41 Å². The number of amidine groups is 1. The van der Waals surface area contributed by atoms with Crippen molar-refractivity contribution in [3.63, 3.8) is 0 Å². The first kappa shape index (κ1) is 15.9. The van der Waals surface area contributed by atoms with Gasteiger partial charge < -0.3 is 21.0 Å². The number of rotatable bonds is 3. The van der Waals surface area contributed by atoms with Gasteiger partial charge in [0.25, 0.3) is 0 Å². The second-order valence-corrected chi connectivity index (χ2v) is 5.66. The Morgan fingerprint density at radius 2 is 1.86 bits per heavy atom. The van der Waals surface area contributed by atoms with Gasteiger partial charge in [0.1, 0.15) is 5.41 Å². The minimum Gasteiger partial charge on any atom is -0.409 e. The maximum Gasteiger partial charge on any atom is 0.238 e. The fourth-order valence-corrected chi connectivity index (χ4v) is 2.82. The molecule has 1 aliphatic rings. The molecule has 0 aliphatic carbocycles. The third-order valence-corrected chi connectivity index (χ3v) is 3.94. The standard InChI is InChI=1S/C13H15Cl2N3O3/c14-8-5-9(15)7-10(6-8)17-12(19)13(11(16)18-20)1-3-21-4-2-13/h5-7,20H,1-4H2,(H2,16,18)(H,17,19). The fraction of sp³-hybridized carbons (Fsp3) is 0.385. The zero-order chi connectivity index (χ0) is 15.5. The second kappa shape index (κ2) is 6.51. The average molecular weight is 332 g/mol. The molecular formula is C13H15Cl2N3O3. The van der Waals surface area contributed by atoms with E-state index >= 15 is 0 Å². The quantitative estimate of drug-likeness (QED) is 0.343. The van der Waals surface area contributed by atoms with Crippen LogP contribution in [-0.2, 0) is 9.53 Å². The largest absolute Gasteiger partial charge is 0.409 e. The molecule has 1 aromatic carbocycles. The second-order valence-electron chi connectivity index (χ2n) is 4.79. The Morgan fingerprint density at radius 3 is 2.38 bits per heavy atom. The molecule has 1 aliphatic heterocycles. The predicted molar refractivity (Wildman–Crippen MR) is 81.0 cm³/mol. The van der Waals surface area contributed by atoms with E-state index in [1.165, 1.54) is 0 Å². The Balaban J connectivity index is 2.26. The first-order chi connectivity index (χ1) is 9.98. The molecule has 4 N–H and O–H groups in total. The lowest BCUT2D eigenvalue weighted by atomic mass is 9.78. The van der Waals surface area contributed by atoms with Crippen molar-refractivity contribution in [1.82, 2.24) is 0 Å². The lowest BCUT2D eigenvalue weighted by Crippen LogP contribution is -2.50. The molecule has 0 radical (unpaired) electrons. The van der Waals surface area contributed by atoms with Crippen molar-refractivity contribution in [1.29, 1.82) is 0 Å². The topological polar surface area (TPSA) is 96.9 Å². The molecule has 2 rings (SSSR count). The van der Waals surface area contributed by atoms with Gasteiger partial charge in [-0.3, -0.25) is 4.79 Å². The normalized spacial score (nSPS) is 18.3. The first-order valence-electron chi connectivity index (χ1n) is 6.31. The number of amides is 1. The van der Waals surface area contributed by atoms with Crippen molar-refractivity contribution in [3.8, 4) is 0 Å². The molecule has 1 aromatic rings. The van der Waals surface area contributed by atoms with Crippen molar-refractivity contribution < 1.29 is 14.7 Å². The lowest BCUT2D eigenvalue weighted by molar-refractivity contribution is -0.126. The van der Waals surface area contributed by atoms with Crippen LogP contribution in [0.1, 0.15) is 12.8 Å². The summed E-state index contributed by atoms with van der Waals surface area (Å²) in [6.45, 7) is 0.722. The van der Waals surface area contributed by atoms with Crippen LogP contribution < -0.4 is 11.1 Å². The maximum atomic E-state index is 12.6. The minimum atomic E-state index is -1.10. The van der Waals surface area contributed by atoms with Crippen LogP contribution in [0.15, 0.2) is 23.4 Å². The molecule has 0 atom stereocenters. The van der Waals surface area contributed by atoms with E-state index in [2.05, 4.69) is 10.5 Å². The van der Waals surface area contributed by atoms with Crippen molar-refractivity contribution >= 4 is 40.6 Å². The Hall–Kier alpha value is -1.50. The summed E-state index contributed by atoms with van der Waals surface area (Å²) >= 11 is 11.8. The Labute approximate surface area is 131 Å². The number of nitrogens with two attached hydrogens (primary N) is 1. The molecule has 21 heavy (non-hydrogen) atoms. The number of halogens is 2. The van der Waals surface area contributed by atoms with E-state index in [-0.39, 0.29) is 11.7 Å². The summed E-state index contributed by atoms with van der Waals surface area (Å²) in [6.07, 6.45) is 0.673. The van der Waals surface area contributed by atoms with Gasteiger partial charge in [0, 0.05) is 28.9 Å².